The molecule has 0 aliphatic carbocycles. The lowest BCUT2D eigenvalue weighted by atomic mass is 10.0. The third-order valence-electron chi connectivity index (χ3n) is 3.33. The van der Waals surface area contributed by atoms with Gasteiger partial charge in [0, 0.05) is 19.7 Å². The van der Waals surface area contributed by atoms with Crippen LogP contribution < -0.4 is 11.1 Å². The number of nitrogens with one attached hydrogen (secondary N) is 1. The number of ether oxygens (including phenoxy) is 1. The van der Waals surface area contributed by atoms with Gasteiger partial charge in [-0.25, -0.2) is 0 Å². The molecule has 4 heteroatoms. The van der Waals surface area contributed by atoms with Crippen LogP contribution in [0.1, 0.15) is 45.4 Å². The van der Waals surface area contributed by atoms with Crippen molar-refractivity contribution in [3.8, 4) is 0 Å². The Hall–Kier alpha value is -0.610. The maximum Gasteiger partial charge on any atom is 0.224 e. The highest BCUT2D eigenvalue weighted by Crippen LogP contribution is 2.15. The molecule has 1 fully saturated rings. The second-order valence-corrected chi connectivity index (χ2v) is 4.79. The van der Waals surface area contributed by atoms with Crippen LogP contribution in [0.2, 0.25) is 0 Å². The molecule has 2 unspecified atom stereocenters. The number of nitrogens with two attached hydrogens (primary N) is 1. The van der Waals surface area contributed by atoms with Crippen molar-refractivity contribution in [2.45, 2.75) is 51.6 Å². The lowest BCUT2D eigenvalue weighted by molar-refractivity contribution is -0.125. The van der Waals surface area contributed by atoms with Gasteiger partial charge in [0.25, 0.3) is 0 Å². The zero-order chi connectivity index (χ0) is 12.5. The molecule has 0 spiro atoms. The average molecular weight is 242 g/mol. The number of hydrogen-bond donors (Lipinski definition) is 2. The van der Waals surface area contributed by atoms with Gasteiger partial charge in [0.15, 0.2) is 0 Å². The van der Waals surface area contributed by atoms with Gasteiger partial charge in [-0.15, -0.1) is 0 Å². The molecular formula is C13H26N2O2. The standard InChI is InChI=1S/C13H26N2O2/c1-2-5-11(10-14)13(16)15-8-7-12-6-3-4-9-17-12/h11-12H,2-10,14H2,1H3,(H,15,16). The molecule has 0 aromatic rings. The maximum absolute atomic E-state index is 11.8. The minimum atomic E-state index is -0.0210. The molecule has 0 bridgehead atoms. The molecule has 1 rings (SSSR count). The second kappa shape index (κ2) is 8.48. The monoisotopic (exact) mass is 242 g/mol. The van der Waals surface area contributed by atoms with Crippen LogP contribution in [0.25, 0.3) is 0 Å². The Morgan fingerprint density at radius 2 is 2.35 bits per heavy atom. The van der Waals surface area contributed by atoms with E-state index in [0.717, 1.165) is 32.3 Å². The van der Waals surface area contributed by atoms with Crippen LogP contribution in [-0.2, 0) is 9.53 Å². The van der Waals surface area contributed by atoms with E-state index in [2.05, 4.69) is 12.2 Å². The zero-order valence-corrected chi connectivity index (χ0v) is 10.9. The predicted octanol–water partition coefficient (Wildman–Crippen LogP) is 1.44. The first-order chi connectivity index (χ1) is 8.27. The van der Waals surface area contributed by atoms with Gasteiger partial charge in [0.1, 0.15) is 0 Å². The molecule has 17 heavy (non-hydrogen) atoms. The normalized spacial score (nSPS) is 22.1. The van der Waals surface area contributed by atoms with Gasteiger partial charge in [-0.1, -0.05) is 13.3 Å². The summed E-state index contributed by atoms with van der Waals surface area (Å²) >= 11 is 0. The van der Waals surface area contributed by atoms with E-state index in [1.54, 1.807) is 0 Å². The van der Waals surface area contributed by atoms with Crippen molar-refractivity contribution in [3.05, 3.63) is 0 Å². The molecule has 0 radical (unpaired) electrons. The van der Waals surface area contributed by atoms with E-state index in [0.29, 0.717) is 19.2 Å². The first kappa shape index (κ1) is 14.5. The van der Waals surface area contributed by atoms with E-state index in [-0.39, 0.29) is 11.8 Å². The minimum Gasteiger partial charge on any atom is -0.378 e. The molecule has 4 nitrogen and oxygen atoms in total. The van der Waals surface area contributed by atoms with Crippen LogP contribution in [0.5, 0.6) is 0 Å². The smallest absolute Gasteiger partial charge is 0.224 e. The van der Waals surface area contributed by atoms with Crippen LogP contribution >= 0.6 is 0 Å². The molecule has 1 amide bonds. The van der Waals surface area contributed by atoms with E-state index in [4.69, 9.17) is 10.5 Å². The summed E-state index contributed by atoms with van der Waals surface area (Å²) in [7, 11) is 0. The van der Waals surface area contributed by atoms with Gasteiger partial charge in [-0.05, 0) is 32.1 Å². The highest BCUT2D eigenvalue weighted by atomic mass is 16.5. The summed E-state index contributed by atoms with van der Waals surface area (Å²) < 4.78 is 5.62. The van der Waals surface area contributed by atoms with Crippen molar-refractivity contribution in [3.63, 3.8) is 0 Å². The van der Waals surface area contributed by atoms with Crippen LogP contribution in [0, 0.1) is 5.92 Å². The van der Waals surface area contributed by atoms with Crippen LogP contribution in [0.4, 0.5) is 0 Å². The summed E-state index contributed by atoms with van der Waals surface area (Å²) in [5.41, 5.74) is 5.59. The fraction of sp³-hybridized carbons (Fsp3) is 0.923. The highest BCUT2D eigenvalue weighted by Gasteiger charge is 2.17. The number of carbonyl (C=O) groups excluding carboxylic acids is 1. The van der Waals surface area contributed by atoms with E-state index in [9.17, 15) is 4.79 Å². The van der Waals surface area contributed by atoms with E-state index in [1.165, 1.54) is 12.8 Å². The summed E-state index contributed by atoms with van der Waals surface area (Å²) in [4.78, 5) is 11.8. The lowest BCUT2D eigenvalue weighted by Crippen LogP contribution is -2.37. The largest absolute Gasteiger partial charge is 0.378 e. The van der Waals surface area contributed by atoms with Gasteiger partial charge >= 0.3 is 0 Å². The van der Waals surface area contributed by atoms with E-state index < -0.39 is 0 Å². The quantitative estimate of drug-likeness (QED) is 0.710. The molecule has 3 N–H and O–H groups in total. The molecule has 0 aromatic heterocycles. The SMILES string of the molecule is CCCC(CN)C(=O)NCCC1CCCCO1. The van der Waals surface area contributed by atoms with Crippen LogP contribution in [-0.4, -0.2) is 31.7 Å². The van der Waals surface area contributed by atoms with Gasteiger partial charge in [-0.3, -0.25) is 4.79 Å². The second-order valence-electron chi connectivity index (χ2n) is 4.79. The number of hydrogen-bond acceptors (Lipinski definition) is 3. The van der Waals surface area contributed by atoms with Gasteiger partial charge < -0.3 is 15.8 Å². The first-order valence-electron chi connectivity index (χ1n) is 6.87. The van der Waals surface area contributed by atoms with Crippen molar-refractivity contribution in [2.24, 2.45) is 11.7 Å². The topological polar surface area (TPSA) is 64.4 Å². The Labute approximate surface area is 104 Å². The first-order valence-corrected chi connectivity index (χ1v) is 6.87. The van der Waals surface area contributed by atoms with Crippen molar-refractivity contribution in [1.82, 2.24) is 5.32 Å². The summed E-state index contributed by atoms with van der Waals surface area (Å²) in [5.74, 6) is 0.0810. The van der Waals surface area contributed by atoms with Crippen molar-refractivity contribution < 1.29 is 9.53 Å². The molecule has 100 valence electrons. The minimum absolute atomic E-state index is 0.0210. The number of rotatable bonds is 7. The number of carbonyl (C=O) groups is 1. The molecule has 1 saturated heterocycles. The highest BCUT2D eigenvalue weighted by molar-refractivity contribution is 5.78. The molecule has 0 saturated carbocycles. The predicted molar refractivity (Wildman–Crippen MR) is 68.7 cm³/mol. The third-order valence-corrected chi connectivity index (χ3v) is 3.33. The molecule has 1 aliphatic heterocycles. The Morgan fingerprint density at radius 3 is 2.94 bits per heavy atom. The molecule has 1 heterocycles. The van der Waals surface area contributed by atoms with Crippen LogP contribution in [0.15, 0.2) is 0 Å². The van der Waals surface area contributed by atoms with Gasteiger partial charge in [-0.2, -0.15) is 0 Å². The maximum atomic E-state index is 11.8. The van der Waals surface area contributed by atoms with E-state index in [1.807, 2.05) is 0 Å². The summed E-state index contributed by atoms with van der Waals surface area (Å²) in [6.45, 7) is 4.11. The average Bonchev–Trinajstić information content (AvgIpc) is 2.37. The fourth-order valence-electron chi connectivity index (χ4n) is 2.24. The van der Waals surface area contributed by atoms with Crippen molar-refractivity contribution in [2.75, 3.05) is 19.7 Å². The molecular weight excluding hydrogens is 216 g/mol. The summed E-state index contributed by atoms with van der Waals surface area (Å²) in [5, 5.41) is 2.97. The number of amides is 1. The molecule has 2 atom stereocenters. The molecule has 1 aliphatic rings. The molecule has 0 aromatic carbocycles. The van der Waals surface area contributed by atoms with E-state index >= 15 is 0 Å². The van der Waals surface area contributed by atoms with Gasteiger partial charge in [0.05, 0.1) is 12.0 Å². The Kier molecular flexibility index (Phi) is 7.21. The van der Waals surface area contributed by atoms with Crippen molar-refractivity contribution >= 4 is 5.91 Å². The Balaban J connectivity index is 2.13. The zero-order valence-electron chi connectivity index (χ0n) is 10.9. The summed E-state index contributed by atoms with van der Waals surface area (Å²) in [6, 6.07) is 0. The van der Waals surface area contributed by atoms with Crippen molar-refractivity contribution in [1.29, 1.82) is 0 Å². The lowest BCUT2D eigenvalue weighted by Gasteiger charge is -2.23. The summed E-state index contributed by atoms with van der Waals surface area (Å²) in [6.07, 6.45) is 6.70. The van der Waals surface area contributed by atoms with Crippen LogP contribution in [0.3, 0.4) is 0 Å². The Bertz CT molecular complexity index is 215. The Morgan fingerprint density at radius 1 is 1.53 bits per heavy atom. The third kappa shape index (κ3) is 5.50. The fourth-order valence-corrected chi connectivity index (χ4v) is 2.24. The van der Waals surface area contributed by atoms with Gasteiger partial charge in [0.2, 0.25) is 5.91 Å².